The minimum absolute atomic E-state index is 0.208. The molecule has 1 saturated carbocycles. The van der Waals surface area contributed by atoms with Crippen molar-refractivity contribution in [2.75, 3.05) is 7.05 Å². The molecule has 0 aliphatic heterocycles. The third-order valence-corrected chi connectivity index (χ3v) is 3.66. The fraction of sp³-hybridized carbons (Fsp3) is 0.500. The molecule has 4 nitrogen and oxygen atoms in total. The van der Waals surface area contributed by atoms with Gasteiger partial charge in [-0.2, -0.15) is 0 Å². The highest BCUT2D eigenvalue weighted by Gasteiger charge is 2.26. The van der Waals surface area contributed by atoms with Gasteiger partial charge in [0.15, 0.2) is 0 Å². The number of rotatable bonds is 4. The summed E-state index contributed by atoms with van der Waals surface area (Å²) >= 11 is 1.51. The molecule has 0 spiro atoms. The van der Waals surface area contributed by atoms with E-state index in [0.717, 1.165) is 12.6 Å². The van der Waals surface area contributed by atoms with Gasteiger partial charge >= 0.3 is 0 Å². The average Bonchev–Trinajstić information content (AvgIpc) is 2.99. The molecule has 1 aromatic heterocycles. The highest BCUT2D eigenvalue weighted by atomic mass is 32.1. The molecule has 5 heteroatoms. The molecule has 0 bridgehead atoms. The molecule has 0 atom stereocenters. The van der Waals surface area contributed by atoms with E-state index >= 15 is 0 Å². The zero-order valence-electron chi connectivity index (χ0n) is 8.69. The van der Waals surface area contributed by atoms with Gasteiger partial charge in [0.25, 0.3) is 5.91 Å². The first-order valence-corrected chi connectivity index (χ1v) is 5.82. The predicted octanol–water partition coefficient (Wildman–Crippen LogP) is 0.946. The van der Waals surface area contributed by atoms with Crippen LogP contribution in [-0.4, -0.2) is 23.9 Å². The maximum absolute atomic E-state index is 11.2. The number of nitrogens with two attached hydrogens (primary N) is 1. The van der Waals surface area contributed by atoms with Crippen LogP contribution in [0.25, 0.3) is 0 Å². The second kappa shape index (κ2) is 4.30. The number of nitrogen functional groups attached to an aromatic ring is 1. The van der Waals surface area contributed by atoms with Gasteiger partial charge in [-0.25, -0.2) is 5.84 Å². The van der Waals surface area contributed by atoms with Gasteiger partial charge in [-0.05, 0) is 32.0 Å². The first-order chi connectivity index (χ1) is 7.20. The lowest BCUT2D eigenvalue weighted by atomic mass is 10.4. The zero-order chi connectivity index (χ0) is 10.8. The van der Waals surface area contributed by atoms with Crippen LogP contribution in [0, 0.1) is 0 Å². The quantitative estimate of drug-likeness (QED) is 0.455. The van der Waals surface area contributed by atoms with Crippen molar-refractivity contribution in [3.8, 4) is 0 Å². The van der Waals surface area contributed by atoms with Crippen LogP contribution in [-0.2, 0) is 6.54 Å². The number of nitrogens with zero attached hydrogens (tertiary/aromatic N) is 1. The van der Waals surface area contributed by atoms with Crippen LogP contribution < -0.4 is 11.3 Å². The second-order valence-corrected chi connectivity index (χ2v) is 5.05. The lowest BCUT2D eigenvalue weighted by molar-refractivity contribution is 0.0957. The van der Waals surface area contributed by atoms with Gasteiger partial charge in [0.1, 0.15) is 0 Å². The van der Waals surface area contributed by atoms with Crippen molar-refractivity contribution >= 4 is 17.2 Å². The summed E-state index contributed by atoms with van der Waals surface area (Å²) in [4.78, 5) is 15.4. The van der Waals surface area contributed by atoms with Crippen molar-refractivity contribution in [3.05, 3.63) is 21.9 Å². The van der Waals surface area contributed by atoms with Crippen LogP contribution in [0.2, 0.25) is 0 Å². The Balaban J connectivity index is 1.97. The molecule has 0 unspecified atom stereocenters. The molecule has 1 fully saturated rings. The van der Waals surface area contributed by atoms with Gasteiger partial charge in [-0.3, -0.25) is 15.1 Å². The van der Waals surface area contributed by atoms with Crippen molar-refractivity contribution in [2.45, 2.75) is 25.4 Å². The summed E-state index contributed by atoms with van der Waals surface area (Å²) in [6.07, 6.45) is 2.61. The van der Waals surface area contributed by atoms with Crippen LogP contribution in [0.4, 0.5) is 0 Å². The van der Waals surface area contributed by atoms with Crippen molar-refractivity contribution in [2.24, 2.45) is 5.84 Å². The summed E-state index contributed by atoms with van der Waals surface area (Å²) in [5.74, 6) is 4.86. The van der Waals surface area contributed by atoms with Crippen LogP contribution in [0.5, 0.6) is 0 Å². The largest absolute Gasteiger partial charge is 0.298 e. The van der Waals surface area contributed by atoms with E-state index in [0.29, 0.717) is 4.88 Å². The Hall–Kier alpha value is -0.910. The van der Waals surface area contributed by atoms with Gasteiger partial charge in [0.05, 0.1) is 4.88 Å². The second-order valence-electron chi connectivity index (χ2n) is 3.89. The molecule has 1 aliphatic rings. The number of hydrogen-bond acceptors (Lipinski definition) is 4. The van der Waals surface area contributed by atoms with E-state index in [2.05, 4.69) is 17.4 Å². The zero-order valence-corrected chi connectivity index (χ0v) is 9.51. The Morgan fingerprint density at radius 2 is 2.40 bits per heavy atom. The van der Waals surface area contributed by atoms with Crippen molar-refractivity contribution in [3.63, 3.8) is 0 Å². The maximum atomic E-state index is 11.2. The molecular weight excluding hydrogens is 210 g/mol. The van der Waals surface area contributed by atoms with E-state index in [1.54, 1.807) is 0 Å². The van der Waals surface area contributed by atoms with E-state index in [-0.39, 0.29) is 5.91 Å². The normalized spacial score (nSPS) is 15.7. The number of nitrogens with one attached hydrogen (secondary N) is 1. The standard InChI is InChI=1S/C10H15N3OS/c1-13(7-2-3-7)6-8-4-5-9(15-8)10(14)12-11/h4-5,7H,2-3,6,11H2,1H3,(H,12,14). The summed E-state index contributed by atoms with van der Waals surface area (Å²) in [5, 5.41) is 0. The number of carbonyl (C=O) groups excluding carboxylic acids is 1. The van der Waals surface area contributed by atoms with Crippen molar-refractivity contribution in [1.82, 2.24) is 10.3 Å². The summed E-state index contributed by atoms with van der Waals surface area (Å²) in [6, 6.07) is 4.57. The smallest absolute Gasteiger partial charge is 0.275 e. The lowest BCUT2D eigenvalue weighted by Crippen LogP contribution is -2.29. The van der Waals surface area contributed by atoms with E-state index in [9.17, 15) is 4.79 Å². The summed E-state index contributed by atoms with van der Waals surface area (Å²) < 4.78 is 0. The Morgan fingerprint density at radius 3 is 3.00 bits per heavy atom. The Morgan fingerprint density at radius 1 is 1.67 bits per heavy atom. The van der Waals surface area contributed by atoms with Gasteiger partial charge in [0, 0.05) is 17.5 Å². The molecule has 15 heavy (non-hydrogen) atoms. The molecule has 1 amide bonds. The third-order valence-electron chi connectivity index (χ3n) is 2.59. The molecule has 0 aromatic carbocycles. The Kier molecular flexibility index (Phi) is 3.04. The van der Waals surface area contributed by atoms with Crippen molar-refractivity contribution < 1.29 is 4.79 Å². The molecule has 82 valence electrons. The van der Waals surface area contributed by atoms with Gasteiger partial charge in [-0.15, -0.1) is 11.3 Å². The van der Waals surface area contributed by atoms with Crippen LogP contribution in [0.3, 0.4) is 0 Å². The monoisotopic (exact) mass is 225 g/mol. The number of carbonyl (C=O) groups is 1. The van der Waals surface area contributed by atoms with E-state index in [1.807, 2.05) is 12.1 Å². The average molecular weight is 225 g/mol. The molecule has 0 saturated heterocycles. The highest BCUT2D eigenvalue weighted by molar-refractivity contribution is 7.14. The summed E-state index contributed by atoms with van der Waals surface area (Å²) in [7, 11) is 2.13. The fourth-order valence-electron chi connectivity index (χ4n) is 1.55. The Bertz CT molecular complexity index is 359. The first kappa shape index (κ1) is 10.6. The van der Waals surface area contributed by atoms with E-state index in [1.165, 1.54) is 29.1 Å². The van der Waals surface area contributed by atoms with Crippen LogP contribution in [0.15, 0.2) is 12.1 Å². The molecule has 2 rings (SSSR count). The highest BCUT2D eigenvalue weighted by Crippen LogP contribution is 2.28. The van der Waals surface area contributed by atoms with Gasteiger partial charge in [-0.1, -0.05) is 0 Å². The molecule has 3 N–H and O–H groups in total. The number of amides is 1. The third kappa shape index (κ3) is 2.56. The number of thiophene rings is 1. The minimum Gasteiger partial charge on any atom is -0.298 e. The van der Waals surface area contributed by atoms with Crippen LogP contribution >= 0.6 is 11.3 Å². The SMILES string of the molecule is CN(Cc1ccc(C(=O)NN)s1)C1CC1. The van der Waals surface area contributed by atoms with E-state index < -0.39 is 0 Å². The predicted molar refractivity (Wildman–Crippen MR) is 60.5 cm³/mol. The van der Waals surface area contributed by atoms with E-state index in [4.69, 9.17) is 5.84 Å². The number of hydrogen-bond donors (Lipinski definition) is 2. The fourth-order valence-corrected chi connectivity index (χ4v) is 2.52. The summed E-state index contributed by atoms with van der Waals surface area (Å²) in [6.45, 7) is 0.924. The number of hydrazine groups is 1. The van der Waals surface area contributed by atoms with Crippen molar-refractivity contribution in [1.29, 1.82) is 0 Å². The Labute approximate surface area is 93.0 Å². The lowest BCUT2D eigenvalue weighted by Gasteiger charge is -2.13. The molecule has 1 aromatic rings. The molecule has 0 radical (unpaired) electrons. The maximum Gasteiger partial charge on any atom is 0.275 e. The first-order valence-electron chi connectivity index (χ1n) is 5.00. The molecule has 1 heterocycles. The topological polar surface area (TPSA) is 58.4 Å². The van der Waals surface area contributed by atoms with Gasteiger partial charge < -0.3 is 0 Å². The van der Waals surface area contributed by atoms with Gasteiger partial charge in [0.2, 0.25) is 0 Å². The molecule has 1 aliphatic carbocycles. The van der Waals surface area contributed by atoms with Crippen LogP contribution in [0.1, 0.15) is 27.4 Å². The minimum atomic E-state index is -0.208. The molecular formula is C10H15N3OS. The summed E-state index contributed by atoms with van der Waals surface area (Å²) in [5.41, 5.74) is 2.14.